The van der Waals surface area contributed by atoms with E-state index >= 15 is 0 Å². The zero-order chi connectivity index (χ0) is 14.7. The van der Waals surface area contributed by atoms with Crippen molar-refractivity contribution in [3.63, 3.8) is 0 Å². The Hall–Kier alpha value is -1.09. The van der Waals surface area contributed by atoms with Gasteiger partial charge < -0.3 is 10.1 Å². The molecule has 0 aromatic heterocycles. The largest absolute Gasteiger partial charge is 0.487 e. The van der Waals surface area contributed by atoms with E-state index in [0.717, 1.165) is 30.7 Å². The van der Waals surface area contributed by atoms with Crippen LogP contribution in [0.2, 0.25) is 0 Å². The first kappa shape index (κ1) is 15.3. The monoisotopic (exact) mass is 279 g/mol. The summed E-state index contributed by atoms with van der Waals surface area (Å²) >= 11 is 0. The molecule has 1 aliphatic carbocycles. The molecule has 0 aliphatic heterocycles. The number of halogens is 1. The first-order chi connectivity index (χ1) is 9.52. The van der Waals surface area contributed by atoms with Gasteiger partial charge in [-0.15, -0.1) is 0 Å². The average Bonchev–Trinajstić information content (AvgIpc) is 2.44. The Morgan fingerprint density at radius 1 is 1.25 bits per heavy atom. The SMILES string of the molecule is CNC(C)c1cccc(F)c1OC1CCC(C)C(C)C1. The Balaban J connectivity index is 2.16. The standard InChI is InChI=1S/C17H26FNO/c1-11-8-9-14(10-12(11)2)20-17-15(13(3)19-4)6-5-7-16(17)18/h5-7,11-14,19H,8-10H2,1-4H3. The van der Waals surface area contributed by atoms with Crippen LogP contribution >= 0.6 is 0 Å². The summed E-state index contributed by atoms with van der Waals surface area (Å²) in [5.74, 6) is 1.56. The Kier molecular flexibility index (Phi) is 5.03. The van der Waals surface area contributed by atoms with Crippen LogP contribution < -0.4 is 10.1 Å². The Labute approximate surface area is 121 Å². The molecule has 1 fully saturated rings. The molecule has 1 N–H and O–H groups in total. The van der Waals surface area contributed by atoms with Crippen molar-refractivity contribution in [3.8, 4) is 5.75 Å². The van der Waals surface area contributed by atoms with Gasteiger partial charge in [-0.3, -0.25) is 0 Å². The zero-order valence-corrected chi connectivity index (χ0v) is 12.9. The molecule has 3 heteroatoms. The Bertz CT molecular complexity index is 449. The van der Waals surface area contributed by atoms with Crippen LogP contribution in [0.5, 0.6) is 5.75 Å². The second-order valence-corrected chi connectivity index (χ2v) is 6.18. The molecular formula is C17H26FNO. The minimum Gasteiger partial charge on any atom is -0.487 e. The molecule has 2 nitrogen and oxygen atoms in total. The molecule has 0 radical (unpaired) electrons. The van der Waals surface area contributed by atoms with Gasteiger partial charge >= 0.3 is 0 Å². The molecule has 1 aliphatic rings. The van der Waals surface area contributed by atoms with Crippen LogP contribution in [-0.4, -0.2) is 13.2 Å². The minimum absolute atomic E-state index is 0.0839. The molecule has 1 aromatic rings. The highest BCUT2D eigenvalue weighted by atomic mass is 19.1. The molecular weight excluding hydrogens is 253 g/mol. The van der Waals surface area contributed by atoms with E-state index in [1.807, 2.05) is 20.0 Å². The molecule has 0 heterocycles. The second kappa shape index (κ2) is 6.57. The van der Waals surface area contributed by atoms with Crippen LogP contribution in [-0.2, 0) is 0 Å². The molecule has 0 spiro atoms. The molecule has 0 saturated heterocycles. The Morgan fingerprint density at radius 3 is 2.65 bits per heavy atom. The number of ether oxygens (including phenoxy) is 1. The van der Waals surface area contributed by atoms with E-state index in [-0.39, 0.29) is 18.0 Å². The van der Waals surface area contributed by atoms with Crippen molar-refractivity contribution >= 4 is 0 Å². The van der Waals surface area contributed by atoms with Crippen molar-refractivity contribution in [1.82, 2.24) is 5.32 Å². The van der Waals surface area contributed by atoms with Gasteiger partial charge in [0.25, 0.3) is 0 Å². The first-order valence-corrected chi connectivity index (χ1v) is 7.65. The summed E-state index contributed by atoms with van der Waals surface area (Å²) in [6, 6.07) is 5.25. The van der Waals surface area contributed by atoms with Gasteiger partial charge in [0, 0.05) is 11.6 Å². The highest BCUT2D eigenvalue weighted by Gasteiger charge is 2.27. The van der Waals surface area contributed by atoms with E-state index in [9.17, 15) is 4.39 Å². The molecule has 4 unspecified atom stereocenters. The van der Waals surface area contributed by atoms with Crippen molar-refractivity contribution in [2.45, 2.75) is 52.2 Å². The fourth-order valence-electron chi connectivity index (χ4n) is 2.92. The van der Waals surface area contributed by atoms with Gasteiger partial charge in [-0.05, 0) is 51.1 Å². The highest BCUT2D eigenvalue weighted by molar-refractivity contribution is 5.37. The number of benzene rings is 1. The maximum atomic E-state index is 14.1. The maximum Gasteiger partial charge on any atom is 0.165 e. The van der Waals surface area contributed by atoms with Crippen molar-refractivity contribution in [2.24, 2.45) is 11.8 Å². The summed E-state index contributed by atoms with van der Waals surface area (Å²) in [7, 11) is 1.88. The summed E-state index contributed by atoms with van der Waals surface area (Å²) in [6.45, 7) is 6.57. The van der Waals surface area contributed by atoms with E-state index in [4.69, 9.17) is 4.74 Å². The minimum atomic E-state index is -0.254. The van der Waals surface area contributed by atoms with Crippen LogP contribution in [0.4, 0.5) is 4.39 Å². The van der Waals surface area contributed by atoms with E-state index in [1.54, 1.807) is 6.07 Å². The molecule has 2 rings (SSSR count). The molecule has 112 valence electrons. The summed E-state index contributed by atoms with van der Waals surface area (Å²) < 4.78 is 20.2. The summed E-state index contributed by atoms with van der Waals surface area (Å²) in [5, 5.41) is 3.16. The van der Waals surface area contributed by atoms with Gasteiger partial charge in [0.2, 0.25) is 0 Å². The zero-order valence-electron chi connectivity index (χ0n) is 12.9. The van der Waals surface area contributed by atoms with Crippen molar-refractivity contribution in [1.29, 1.82) is 0 Å². The van der Waals surface area contributed by atoms with E-state index in [2.05, 4.69) is 19.2 Å². The molecule has 1 saturated carbocycles. The predicted octanol–water partition coefficient (Wildman–Crippen LogP) is 4.31. The van der Waals surface area contributed by atoms with Crippen LogP contribution in [0, 0.1) is 17.7 Å². The summed E-state index contributed by atoms with van der Waals surface area (Å²) in [5.41, 5.74) is 0.902. The van der Waals surface area contributed by atoms with Gasteiger partial charge in [-0.25, -0.2) is 4.39 Å². The maximum absolute atomic E-state index is 14.1. The van der Waals surface area contributed by atoms with Gasteiger partial charge in [-0.1, -0.05) is 26.0 Å². The van der Waals surface area contributed by atoms with Gasteiger partial charge in [0.1, 0.15) is 0 Å². The number of rotatable bonds is 4. The normalized spacial score (nSPS) is 28.1. The van der Waals surface area contributed by atoms with Crippen molar-refractivity contribution in [2.75, 3.05) is 7.05 Å². The van der Waals surface area contributed by atoms with Gasteiger partial charge in [0.15, 0.2) is 11.6 Å². The van der Waals surface area contributed by atoms with Crippen LogP contribution in [0.25, 0.3) is 0 Å². The number of nitrogens with one attached hydrogen (secondary N) is 1. The fourth-order valence-corrected chi connectivity index (χ4v) is 2.92. The number of para-hydroxylation sites is 1. The molecule has 0 amide bonds. The molecule has 0 bridgehead atoms. The van der Waals surface area contributed by atoms with Gasteiger partial charge in [-0.2, -0.15) is 0 Å². The third kappa shape index (κ3) is 3.32. The van der Waals surface area contributed by atoms with Crippen LogP contribution in [0.1, 0.15) is 51.6 Å². The van der Waals surface area contributed by atoms with Crippen LogP contribution in [0.3, 0.4) is 0 Å². The third-order valence-electron chi connectivity index (χ3n) is 4.73. The lowest BCUT2D eigenvalue weighted by Gasteiger charge is -2.33. The third-order valence-corrected chi connectivity index (χ3v) is 4.73. The number of hydrogen-bond acceptors (Lipinski definition) is 2. The lowest BCUT2D eigenvalue weighted by molar-refractivity contribution is 0.0953. The quantitative estimate of drug-likeness (QED) is 0.886. The second-order valence-electron chi connectivity index (χ2n) is 6.18. The smallest absolute Gasteiger partial charge is 0.165 e. The molecule has 1 aromatic carbocycles. The fraction of sp³-hybridized carbons (Fsp3) is 0.647. The van der Waals surface area contributed by atoms with Crippen LogP contribution in [0.15, 0.2) is 18.2 Å². The number of hydrogen-bond donors (Lipinski definition) is 1. The van der Waals surface area contributed by atoms with Gasteiger partial charge in [0.05, 0.1) is 6.10 Å². The average molecular weight is 279 g/mol. The molecule has 4 atom stereocenters. The topological polar surface area (TPSA) is 21.3 Å². The van der Waals surface area contributed by atoms with E-state index < -0.39 is 0 Å². The highest BCUT2D eigenvalue weighted by Crippen LogP contribution is 2.35. The lowest BCUT2D eigenvalue weighted by Crippen LogP contribution is -2.29. The summed E-state index contributed by atoms with van der Waals surface area (Å²) in [4.78, 5) is 0. The Morgan fingerprint density at radius 2 is 2.00 bits per heavy atom. The van der Waals surface area contributed by atoms with E-state index in [1.165, 1.54) is 6.07 Å². The predicted molar refractivity (Wildman–Crippen MR) is 80.5 cm³/mol. The van der Waals surface area contributed by atoms with E-state index in [0.29, 0.717) is 11.7 Å². The first-order valence-electron chi connectivity index (χ1n) is 7.65. The molecule has 20 heavy (non-hydrogen) atoms. The summed E-state index contributed by atoms with van der Waals surface area (Å²) in [6.07, 6.45) is 3.34. The lowest BCUT2D eigenvalue weighted by atomic mass is 9.80. The van der Waals surface area contributed by atoms with Crippen molar-refractivity contribution < 1.29 is 9.13 Å². The van der Waals surface area contributed by atoms with Crippen molar-refractivity contribution in [3.05, 3.63) is 29.6 Å².